The van der Waals surface area contributed by atoms with Gasteiger partial charge >= 0.3 is 0 Å². The maximum absolute atomic E-state index is 13.6. The number of amides is 1. The summed E-state index contributed by atoms with van der Waals surface area (Å²) < 4.78 is 7.37. The quantitative estimate of drug-likeness (QED) is 0.0938. The minimum Gasteiger partial charge on any atom is -0.495 e. The van der Waals surface area contributed by atoms with Crippen molar-refractivity contribution in [3.63, 3.8) is 0 Å². The number of H-pyrrole nitrogens is 1. The Morgan fingerprint density at radius 1 is 1.13 bits per heavy atom. The molecule has 3 aromatic carbocycles. The standard InChI is InChI=1S/C27H20I2N4O4S/c1-37-25-21(28)12-16(13-22(25)29)14-24-26(34)32(11-10-17-15-30-23-5-3-2-4-20(17)23)27(38-24)31-18-6-8-19(9-7-18)33(35)36/h2-9,12-15,30H,10-11H2,1H3/b24-14-,31-27?. The molecule has 0 spiro atoms. The van der Waals surface area contributed by atoms with E-state index in [0.717, 1.165) is 34.9 Å². The number of fused-ring (bicyclic) bond motifs is 1. The van der Waals surface area contributed by atoms with E-state index in [0.29, 0.717) is 28.7 Å². The molecule has 0 unspecified atom stereocenters. The van der Waals surface area contributed by atoms with Gasteiger partial charge in [0.2, 0.25) is 0 Å². The molecule has 0 saturated carbocycles. The van der Waals surface area contributed by atoms with Crippen LogP contribution >= 0.6 is 56.9 Å². The van der Waals surface area contributed by atoms with Crippen molar-refractivity contribution < 1.29 is 14.5 Å². The maximum Gasteiger partial charge on any atom is 0.269 e. The molecule has 4 aromatic rings. The van der Waals surface area contributed by atoms with Crippen molar-refractivity contribution in [2.45, 2.75) is 6.42 Å². The highest BCUT2D eigenvalue weighted by atomic mass is 127. The van der Waals surface area contributed by atoms with Crippen LogP contribution in [0.25, 0.3) is 17.0 Å². The Balaban J connectivity index is 1.48. The minimum atomic E-state index is -0.448. The number of carbonyl (C=O) groups excluding carboxylic acids is 1. The van der Waals surface area contributed by atoms with E-state index in [-0.39, 0.29) is 11.6 Å². The third-order valence-electron chi connectivity index (χ3n) is 5.98. The molecule has 0 bridgehead atoms. The zero-order valence-electron chi connectivity index (χ0n) is 20.0. The monoisotopic (exact) mass is 750 g/mol. The van der Waals surface area contributed by atoms with Crippen molar-refractivity contribution in [1.82, 2.24) is 9.88 Å². The number of nitrogens with one attached hydrogen (secondary N) is 1. The smallest absolute Gasteiger partial charge is 0.269 e. The van der Waals surface area contributed by atoms with Gasteiger partial charge in [-0.3, -0.25) is 19.8 Å². The van der Waals surface area contributed by atoms with E-state index in [9.17, 15) is 14.9 Å². The summed E-state index contributed by atoms with van der Waals surface area (Å²) in [5, 5.41) is 12.7. The van der Waals surface area contributed by atoms with Crippen LogP contribution in [-0.2, 0) is 11.2 Å². The third kappa shape index (κ3) is 5.59. The highest BCUT2D eigenvalue weighted by molar-refractivity contribution is 14.1. The number of aromatic amines is 1. The fourth-order valence-electron chi connectivity index (χ4n) is 4.13. The summed E-state index contributed by atoms with van der Waals surface area (Å²) >= 11 is 5.75. The largest absolute Gasteiger partial charge is 0.495 e. The van der Waals surface area contributed by atoms with Crippen molar-refractivity contribution in [3.05, 3.63) is 100 Å². The Labute approximate surface area is 250 Å². The van der Waals surface area contributed by atoms with Crippen LogP contribution in [0.5, 0.6) is 5.75 Å². The summed E-state index contributed by atoms with van der Waals surface area (Å²) in [5.41, 5.74) is 3.59. The van der Waals surface area contributed by atoms with Gasteiger partial charge in [0.1, 0.15) is 5.75 Å². The molecule has 11 heteroatoms. The van der Waals surface area contributed by atoms with Gasteiger partial charge in [0.05, 0.1) is 29.8 Å². The number of amidine groups is 1. The number of non-ortho nitro benzene ring substituents is 1. The van der Waals surface area contributed by atoms with Crippen molar-refractivity contribution in [3.8, 4) is 5.75 Å². The lowest BCUT2D eigenvalue weighted by atomic mass is 10.1. The molecule has 0 radical (unpaired) electrons. The second-order valence-electron chi connectivity index (χ2n) is 8.36. The Morgan fingerprint density at radius 2 is 1.84 bits per heavy atom. The molecule has 38 heavy (non-hydrogen) atoms. The van der Waals surface area contributed by atoms with Crippen LogP contribution in [0, 0.1) is 17.3 Å². The number of ether oxygens (including phenoxy) is 1. The number of nitro groups is 1. The van der Waals surface area contributed by atoms with Crippen LogP contribution in [0.1, 0.15) is 11.1 Å². The highest BCUT2D eigenvalue weighted by Gasteiger charge is 2.33. The summed E-state index contributed by atoms with van der Waals surface area (Å²) in [7, 11) is 1.64. The molecule has 1 fully saturated rings. The molecule has 0 aliphatic carbocycles. The van der Waals surface area contributed by atoms with Gasteiger partial charge in [-0.15, -0.1) is 0 Å². The first kappa shape index (κ1) is 26.7. The molecular formula is C27H20I2N4O4S. The number of halogens is 2. The lowest BCUT2D eigenvalue weighted by molar-refractivity contribution is -0.384. The van der Waals surface area contributed by atoms with E-state index in [4.69, 9.17) is 9.73 Å². The number of hydrogen-bond donors (Lipinski definition) is 1. The molecule has 1 aromatic heterocycles. The summed E-state index contributed by atoms with van der Waals surface area (Å²) in [6.07, 6.45) is 4.48. The van der Waals surface area contributed by atoms with Crippen LogP contribution in [-0.4, -0.2) is 39.5 Å². The highest BCUT2D eigenvalue weighted by Crippen LogP contribution is 2.36. The first-order valence-electron chi connectivity index (χ1n) is 11.5. The number of hydrogen-bond acceptors (Lipinski definition) is 6. The Hall–Kier alpha value is -2.91. The van der Waals surface area contributed by atoms with E-state index in [2.05, 4.69) is 56.2 Å². The molecule has 2 heterocycles. The second kappa shape index (κ2) is 11.5. The van der Waals surface area contributed by atoms with Crippen LogP contribution < -0.4 is 4.74 Å². The Bertz CT molecular complexity index is 1590. The zero-order chi connectivity index (χ0) is 26.8. The van der Waals surface area contributed by atoms with Gasteiger partial charge in [0, 0.05) is 35.8 Å². The molecule has 5 rings (SSSR count). The average molecular weight is 750 g/mol. The summed E-state index contributed by atoms with van der Waals surface area (Å²) in [6, 6.07) is 18.0. The average Bonchev–Trinajstić information content (AvgIpc) is 3.43. The first-order chi connectivity index (χ1) is 18.3. The molecule has 192 valence electrons. The lowest BCUT2D eigenvalue weighted by Crippen LogP contribution is -2.31. The fraction of sp³-hybridized carbons (Fsp3) is 0.111. The van der Waals surface area contributed by atoms with E-state index >= 15 is 0 Å². The number of aliphatic imine (C=N–C) groups is 1. The number of rotatable bonds is 7. The number of nitrogens with zero attached hydrogens (tertiary/aromatic N) is 3. The number of carbonyl (C=O) groups is 1. The van der Waals surface area contributed by atoms with Crippen molar-refractivity contribution in [1.29, 1.82) is 0 Å². The normalized spacial score (nSPS) is 15.7. The molecule has 1 amide bonds. The number of methoxy groups -OCH3 is 1. The van der Waals surface area contributed by atoms with Crippen molar-refractivity contribution in [2.24, 2.45) is 4.99 Å². The van der Waals surface area contributed by atoms with Gasteiger partial charge in [-0.25, -0.2) is 4.99 Å². The fourth-order valence-corrected chi connectivity index (χ4v) is 7.41. The van der Waals surface area contributed by atoms with Crippen LogP contribution in [0.15, 0.2) is 76.8 Å². The molecule has 0 atom stereocenters. The van der Waals surface area contributed by atoms with Crippen molar-refractivity contribution in [2.75, 3.05) is 13.7 Å². The van der Waals surface area contributed by atoms with Crippen LogP contribution in [0.3, 0.4) is 0 Å². The second-order valence-corrected chi connectivity index (χ2v) is 11.7. The first-order valence-corrected chi connectivity index (χ1v) is 14.4. The lowest BCUT2D eigenvalue weighted by Gasteiger charge is -2.15. The van der Waals surface area contributed by atoms with Crippen LogP contribution in [0.2, 0.25) is 0 Å². The van der Waals surface area contributed by atoms with E-state index < -0.39 is 4.92 Å². The molecule has 1 saturated heterocycles. The number of nitro benzene ring substituents is 1. The summed E-state index contributed by atoms with van der Waals surface area (Å²) in [4.78, 5) is 34.4. The predicted octanol–water partition coefficient (Wildman–Crippen LogP) is 7.14. The van der Waals surface area contributed by atoms with E-state index in [1.54, 1.807) is 24.1 Å². The number of para-hydroxylation sites is 1. The summed E-state index contributed by atoms with van der Waals surface area (Å²) in [6.45, 7) is 0.439. The van der Waals surface area contributed by atoms with Gasteiger partial charge < -0.3 is 9.72 Å². The van der Waals surface area contributed by atoms with Gasteiger partial charge in [-0.05, 0) is 111 Å². The van der Waals surface area contributed by atoms with Gasteiger partial charge in [0.25, 0.3) is 11.6 Å². The van der Waals surface area contributed by atoms with Crippen LogP contribution in [0.4, 0.5) is 11.4 Å². The SMILES string of the molecule is COc1c(I)cc(/C=C2\SC(=Nc3ccc([N+](=O)[O-])cc3)N(CCc3c[nH]c4ccccc34)C2=O)cc1I. The molecule has 1 aliphatic rings. The zero-order valence-corrected chi connectivity index (χ0v) is 25.1. The molecular weight excluding hydrogens is 730 g/mol. The molecule has 1 aliphatic heterocycles. The Kier molecular flexibility index (Phi) is 8.04. The number of thioether (sulfide) groups is 1. The molecule has 8 nitrogen and oxygen atoms in total. The van der Waals surface area contributed by atoms with Gasteiger partial charge in [-0.2, -0.15) is 0 Å². The van der Waals surface area contributed by atoms with E-state index in [1.165, 1.54) is 23.9 Å². The topological polar surface area (TPSA) is 101 Å². The predicted molar refractivity (Wildman–Crippen MR) is 168 cm³/mol. The molecule has 1 N–H and O–H groups in total. The number of benzene rings is 3. The summed E-state index contributed by atoms with van der Waals surface area (Å²) in [5.74, 6) is 0.677. The maximum atomic E-state index is 13.6. The number of aromatic nitrogens is 1. The van der Waals surface area contributed by atoms with Crippen molar-refractivity contribution >= 4 is 96.4 Å². The minimum absolute atomic E-state index is 0.00964. The third-order valence-corrected chi connectivity index (χ3v) is 8.58. The van der Waals surface area contributed by atoms with Gasteiger partial charge in [0.15, 0.2) is 5.17 Å². The van der Waals surface area contributed by atoms with Gasteiger partial charge in [-0.1, -0.05) is 18.2 Å². The van der Waals surface area contributed by atoms with E-state index in [1.807, 2.05) is 42.6 Å². The Morgan fingerprint density at radius 3 is 2.53 bits per heavy atom.